The molecule has 1 amide bonds. The number of para-hydroxylation sites is 2. The van der Waals surface area contributed by atoms with E-state index in [0.29, 0.717) is 18.0 Å². The van der Waals surface area contributed by atoms with E-state index in [4.69, 9.17) is 22.2 Å². The van der Waals surface area contributed by atoms with Crippen molar-refractivity contribution in [2.45, 2.75) is 19.3 Å². The molecule has 7 heteroatoms. The molecular weight excluding hydrogens is 342 g/mol. The topological polar surface area (TPSA) is 56.6 Å². The Labute approximate surface area is 152 Å². The number of nitrogens with zero attached hydrogens (tertiary/aromatic N) is 3. The first kappa shape index (κ1) is 18.6. The highest BCUT2D eigenvalue weighted by atomic mass is 32.2. The number of carbonyl (C=O) groups is 1. The second-order valence-electron chi connectivity index (χ2n) is 5.37. The van der Waals surface area contributed by atoms with Gasteiger partial charge < -0.3 is 14.5 Å². The van der Waals surface area contributed by atoms with E-state index in [2.05, 4.69) is 11.0 Å². The van der Waals surface area contributed by atoms with Crippen molar-refractivity contribution in [1.82, 2.24) is 4.90 Å². The summed E-state index contributed by atoms with van der Waals surface area (Å²) in [6, 6.07) is 9.44. The Bertz CT molecular complexity index is 625. The highest BCUT2D eigenvalue weighted by Gasteiger charge is 2.21. The number of anilines is 1. The highest BCUT2D eigenvalue weighted by molar-refractivity contribution is 8.23. The van der Waals surface area contributed by atoms with E-state index in [-0.39, 0.29) is 18.1 Å². The van der Waals surface area contributed by atoms with Gasteiger partial charge in [-0.3, -0.25) is 4.79 Å². The number of ether oxygens (including phenoxy) is 1. The van der Waals surface area contributed by atoms with Gasteiger partial charge in [0, 0.05) is 19.6 Å². The van der Waals surface area contributed by atoms with Crippen molar-refractivity contribution in [3.63, 3.8) is 0 Å². The van der Waals surface area contributed by atoms with Crippen molar-refractivity contribution >= 4 is 39.9 Å². The number of methoxy groups -OCH3 is 1. The number of benzene rings is 1. The Hall–Kier alpha value is -1.78. The standard InChI is InChI=1S/C17H21N3O2S2/c1-22-15-8-3-2-7-14(15)20(12-6-9-18)16(21)13-24-17(23)19-10-4-5-11-19/h2-3,7-8H,4-6,10-13H2,1H3. The molecule has 0 unspecified atom stereocenters. The van der Waals surface area contributed by atoms with Gasteiger partial charge in [0.2, 0.25) is 5.91 Å². The average molecular weight is 364 g/mol. The largest absolute Gasteiger partial charge is 0.495 e. The number of nitriles is 1. The number of amides is 1. The van der Waals surface area contributed by atoms with Gasteiger partial charge in [-0.05, 0) is 25.0 Å². The molecule has 128 valence electrons. The van der Waals surface area contributed by atoms with Crippen LogP contribution in [0.5, 0.6) is 5.75 Å². The van der Waals surface area contributed by atoms with Crippen LogP contribution in [0.2, 0.25) is 0 Å². The first-order chi connectivity index (χ1) is 11.7. The molecule has 1 aromatic rings. The summed E-state index contributed by atoms with van der Waals surface area (Å²) in [4.78, 5) is 16.5. The number of hydrogen-bond acceptors (Lipinski definition) is 5. The molecule has 0 atom stereocenters. The maximum absolute atomic E-state index is 12.7. The van der Waals surface area contributed by atoms with Crippen molar-refractivity contribution in [2.24, 2.45) is 0 Å². The predicted molar refractivity (Wildman–Crippen MR) is 101 cm³/mol. The normalized spacial score (nSPS) is 13.4. The van der Waals surface area contributed by atoms with E-state index in [0.717, 1.165) is 30.3 Å². The third-order valence-electron chi connectivity index (χ3n) is 3.81. The number of thioether (sulfide) groups is 1. The summed E-state index contributed by atoms with van der Waals surface area (Å²) in [5.74, 6) is 0.816. The number of rotatable bonds is 6. The highest BCUT2D eigenvalue weighted by Crippen LogP contribution is 2.28. The van der Waals surface area contributed by atoms with Crippen LogP contribution in [0.4, 0.5) is 5.69 Å². The van der Waals surface area contributed by atoms with Gasteiger partial charge in [0.1, 0.15) is 10.1 Å². The fraction of sp³-hybridized carbons (Fsp3) is 0.471. The van der Waals surface area contributed by atoms with Crippen LogP contribution in [0.25, 0.3) is 0 Å². The molecule has 0 aromatic heterocycles. The molecular formula is C17H21N3O2S2. The molecule has 1 fully saturated rings. The first-order valence-electron chi connectivity index (χ1n) is 7.89. The van der Waals surface area contributed by atoms with Crippen LogP contribution in [0.3, 0.4) is 0 Å². The summed E-state index contributed by atoms with van der Waals surface area (Å²) >= 11 is 6.81. The number of thiocarbonyl (C=S) groups is 1. The average Bonchev–Trinajstić information content (AvgIpc) is 3.15. The molecule has 0 spiro atoms. The summed E-state index contributed by atoms with van der Waals surface area (Å²) in [6.45, 7) is 2.29. The minimum Gasteiger partial charge on any atom is -0.495 e. The first-order valence-corrected chi connectivity index (χ1v) is 9.28. The van der Waals surface area contributed by atoms with Crippen LogP contribution in [0, 0.1) is 11.3 Å². The molecule has 24 heavy (non-hydrogen) atoms. The molecule has 1 saturated heterocycles. The maximum atomic E-state index is 12.7. The van der Waals surface area contributed by atoms with Gasteiger partial charge in [-0.25, -0.2) is 0 Å². The Morgan fingerprint density at radius 3 is 2.79 bits per heavy atom. The molecule has 1 heterocycles. The van der Waals surface area contributed by atoms with Crippen LogP contribution in [0.1, 0.15) is 19.3 Å². The molecule has 0 radical (unpaired) electrons. The SMILES string of the molecule is COc1ccccc1N(CCC#N)C(=O)CSC(=S)N1CCCC1. The Kier molecular flexibility index (Phi) is 7.35. The molecule has 0 saturated carbocycles. The molecule has 1 aliphatic heterocycles. The van der Waals surface area contributed by atoms with Gasteiger partial charge in [-0.15, -0.1) is 0 Å². The second kappa shape index (κ2) is 9.50. The molecule has 2 rings (SSSR count). The van der Waals surface area contributed by atoms with E-state index in [1.165, 1.54) is 11.8 Å². The van der Waals surface area contributed by atoms with Crippen molar-refractivity contribution < 1.29 is 9.53 Å². The van der Waals surface area contributed by atoms with Crippen molar-refractivity contribution in [3.8, 4) is 11.8 Å². The molecule has 1 aromatic carbocycles. The number of hydrogen-bond donors (Lipinski definition) is 0. The van der Waals surface area contributed by atoms with Crippen LogP contribution in [-0.4, -0.2) is 47.6 Å². The summed E-state index contributed by atoms with van der Waals surface area (Å²) in [5, 5.41) is 8.88. The maximum Gasteiger partial charge on any atom is 0.237 e. The Morgan fingerprint density at radius 1 is 1.42 bits per heavy atom. The van der Waals surface area contributed by atoms with Gasteiger partial charge in [-0.1, -0.05) is 36.1 Å². The molecule has 0 bridgehead atoms. The molecule has 1 aliphatic rings. The fourth-order valence-corrected chi connectivity index (χ4v) is 3.71. The minimum absolute atomic E-state index is 0.0682. The Balaban J connectivity index is 2.05. The zero-order valence-electron chi connectivity index (χ0n) is 13.7. The molecule has 0 aliphatic carbocycles. The van der Waals surface area contributed by atoms with Crippen molar-refractivity contribution in [1.29, 1.82) is 5.26 Å². The van der Waals surface area contributed by atoms with Gasteiger partial charge in [0.25, 0.3) is 0 Å². The molecule has 0 N–H and O–H groups in total. The van der Waals surface area contributed by atoms with E-state index >= 15 is 0 Å². The summed E-state index contributed by atoms with van der Waals surface area (Å²) in [5.41, 5.74) is 0.688. The van der Waals surface area contributed by atoms with Gasteiger partial charge in [0.05, 0.1) is 31.0 Å². The monoisotopic (exact) mass is 363 g/mol. The lowest BCUT2D eigenvalue weighted by molar-refractivity contribution is -0.116. The van der Waals surface area contributed by atoms with Crippen LogP contribution < -0.4 is 9.64 Å². The Morgan fingerprint density at radius 2 is 2.12 bits per heavy atom. The van der Waals surface area contributed by atoms with Gasteiger partial charge in [0.15, 0.2) is 0 Å². The lowest BCUT2D eigenvalue weighted by Crippen LogP contribution is -2.34. The minimum atomic E-state index is -0.0682. The van der Waals surface area contributed by atoms with E-state index in [1.807, 2.05) is 24.3 Å². The molecule has 5 nitrogen and oxygen atoms in total. The van der Waals surface area contributed by atoms with E-state index in [9.17, 15) is 4.79 Å². The number of carbonyl (C=O) groups excluding carboxylic acids is 1. The quantitative estimate of drug-likeness (QED) is 0.724. The summed E-state index contributed by atoms with van der Waals surface area (Å²) in [7, 11) is 1.57. The van der Waals surface area contributed by atoms with Gasteiger partial charge in [-0.2, -0.15) is 5.26 Å². The summed E-state index contributed by atoms with van der Waals surface area (Å²) < 4.78 is 6.12. The lowest BCUT2D eigenvalue weighted by atomic mass is 10.2. The zero-order valence-corrected chi connectivity index (χ0v) is 15.4. The van der Waals surface area contributed by atoms with Crippen molar-refractivity contribution in [2.75, 3.05) is 37.4 Å². The lowest BCUT2D eigenvalue weighted by Gasteiger charge is -2.24. The fourth-order valence-electron chi connectivity index (χ4n) is 2.59. The van der Waals surface area contributed by atoms with Crippen LogP contribution >= 0.6 is 24.0 Å². The predicted octanol–water partition coefficient (Wildman–Crippen LogP) is 3.06. The zero-order chi connectivity index (χ0) is 17.4. The summed E-state index contributed by atoms with van der Waals surface area (Å²) in [6.07, 6.45) is 2.58. The second-order valence-corrected chi connectivity index (χ2v) is 6.98. The smallest absolute Gasteiger partial charge is 0.237 e. The van der Waals surface area contributed by atoms with Crippen molar-refractivity contribution in [3.05, 3.63) is 24.3 Å². The number of likely N-dealkylation sites (tertiary alicyclic amines) is 1. The van der Waals surface area contributed by atoms with E-state index in [1.54, 1.807) is 12.0 Å². The third kappa shape index (κ3) is 4.86. The van der Waals surface area contributed by atoms with Crippen LogP contribution in [0.15, 0.2) is 24.3 Å². The van der Waals surface area contributed by atoms with Gasteiger partial charge >= 0.3 is 0 Å². The van der Waals surface area contributed by atoms with E-state index < -0.39 is 0 Å². The van der Waals surface area contributed by atoms with Crippen LogP contribution in [-0.2, 0) is 4.79 Å². The third-order valence-corrected chi connectivity index (χ3v) is 5.32.